The van der Waals surface area contributed by atoms with Crippen LogP contribution in [0.3, 0.4) is 0 Å². The first-order valence-electron chi connectivity index (χ1n) is 7.11. The van der Waals surface area contributed by atoms with E-state index >= 15 is 0 Å². The number of nitrogens with zero attached hydrogens (tertiary/aromatic N) is 2. The lowest BCUT2D eigenvalue weighted by molar-refractivity contribution is 1.09. The molecule has 0 unspecified atom stereocenters. The van der Waals surface area contributed by atoms with Gasteiger partial charge in [0.15, 0.2) is 0 Å². The van der Waals surface area contributed by atoms with Crippen molar-refractivity contribution in [2.75, 3.05) is 0 Å². The first kappa shape index (κ1) is 13.3. The summed E-state index contributed by atoms with van der Waals surface area (Å²) in [6.45, 7) is 0. The van der Waals surface area contributed by atoms with E-state index in [-0.39, 0.29) is 0 Å². The van der Waals surface area contributed by atoms with Crippen LogP contribution in [0.4, 0.5) is 0 Å². The Balaban J connectivity index is 2.02. The number of halogens is 1. The molecule has 0 saturated carbocycles. The number of hydrogen-bond acceptors (Lipinski definition) is 1. The zero-order valence-electron chi connectivity index (χ0n) is 11.8. The summed E-state index contributed by atoms with van der Waals surface area (Å²) in [4.78, 5) is 4.51. The second kappa shape index (κ2) is 5.43. The third-order valence-corrected chi connectivity index (χ3v) is 4.43. The molecule has 0 N–H and O–H groups in total. The third-order valence-electron chi connectivity index (χ3n) is 3.77. The molecule has 4 rings (SSSR count). The minimum atomic E-state index is 1.00. The van der Waals surface area contributed by atoms with Crippen LogP contribution in [0.25, 0.3) is 27.8 Å². The van der Waals surface area contributed by atoms with E-state index in [0.29, 0.717) is 0 Å². The topological polar surface area (TPSA) is 17.8 Å². The van der Waals surface area contributed by atoms with Gasteiger partial charge in [0.2, 0.25) is 0 Å². The Morgan fingerprint density at radius 1 is 0.773 bits per heavy atom. The van der Waals surface area contributed by atoms with E-state index < -0.39 is 0 Å². The van der Waals surface area contributed by atoms with Crippen molar-refractivity contribution in [2.24, 2.45) is 0 Å². The van der Waals surface area contributed by atoms with Crippen LogP contribution >= 0.6 is 15.9 Å². The zero-order chi connectivity index (χ0) is 14.9. The van der Waals surface area contributed by atoms with E-state index in [4.69, 9.17) is 0 Å². The van der Waals surface area contributed by atoms with E-state index in [1.807, 2.05) is 30.6 Å². The Bertz CT molecular complexity index is 942. The first-order chi connectivity index (χ1) is 10.8. The van der Waals surface area contributed by atoms with Crippen molar-refractivity contribution >= 4 is 27.0 Å². The summed E-state index contributed by atoms with van der Waals surface area (Å²) in [6.07, 6.45) is 1.89. The van der Waals surface area contributed by atoms with Gasteiger partial charge in [0.1, 0.15) is 6.33 Å². The van der Waals surface area contributed by atoms with Gasteiger partial charge in [-0.15, -0.1) is 0 Å². The molecule has 0 aliphatic rings. The van der Waals surface area contributed by atoms with E-state index in [2.05, 4.69) is 74.0 Å². The minimum absolute atomic E-state index is 1.00. The highest BCUT2D eigenvalue weighted by molar-refractivity contribution is 9.10. The quantitative estimate of drug-likeness (QED) is 0.470. The van der Waals surface area contributed by atoms with Crippen molar-refractivity contribution < 1.29 is 0 Å². The summed E-state index contributed by atoms with van der Waals surface area (Å²) >= 11 is 3.70. The Morgan fingerprint density at radius 2 is 1.55 bits per heavy atom. The predicted octanol–water partition coefficient (Wildman–Crippen LogP) is 5.46. The molecule has 106 valence electrons. The van der Waals surface area contributed by atoms with E-state index in [1.54, 1.807) is 0 Å². The maximum Gasteiger partial charge on any atom is 0.100 e. The van der Waals surface area contributed by atoms with Gasteiger partial charge in [-0.25, -0.2) is 4.98 Å². The van der Waals surface area contributed by atoms with Crippen LogP contribution in [0.15, 0.2) is 83.6 Å². The van der Waals surface area contributed by atoms with Crippen LogP contribution in [0.1, 0.15) is 0 Å². The number of fused-ring (bicyclic) bond motifs is 1. The fraction of sp³-hybridized carbons (Fsp3) is 0. The van der Waals surface area contributed by atoms with E-state index in [1.165, 1.54) is 11.1 Å². The number of hydrogen-bond donors (Lipinski definition) is 0. The Labute approximate surface area is 137 Å². The van der Waals surface area contributed by atoms with Crippen LogP contribution in [-0.2, 0) is 0 Å². The van der Waals surface area contributed by atoms with Crippen molar-refractivity contribution in [1.29, 1.82) is 0 Å². The number of benzene rings is 3. The second-order valence-electron chi connectivity index (χ2n) is 5.10. The average Bonchev–Trinajstić information content (AvgIpc) is 2.99. The van der Waals surface area contributed by atoms with Gasteiger partial charge in [-0.3, -0.25) is 4.57 Å². The fourth-order valence-corrected chi connectivity index (χ4v) is 3.34. The van der Waals surface area contributed by atoms with Gasteiger partial charge in [0, 0.05) is 10.0 Å². The molecule has 0 atom stereocenters. The highest BCUT2D eigenvalue weighted by Crippen LogP contribution is 2.35. The summed E-state index contributed by atoms with van der Waals surface area (Å²) in [5.74, 6) is 0. The Morgan fingerprint density at radius 3 is 2.41 bits per heavy atom. The van der Waals surface area contributed by atoms with Crippen LogP contribution in [0.5, 0.6) is 0 Å². The molecule has 0 aliphatic carbocycles. The number of rotatable bonds is 2. The molecule has 0 bridgehead atoms. The molecule has 3 aromatic carbocycles. The molecule has 1 heterocycles. The van der Waals surface area contributed by atoms with Crippen molar-refractivity contribution in [1.82, 2.24) is 9.55 Å². The van der Waals surface area contributed by atoms with Gasteiger partial charge in [-0.2, -0.15) is 0 Å². The maximum absolute atomic E-state index is 4.51. The van der Waals surface area contributed by atoms with Crippen molar-refractivity contribution in [3.05, 3.63) is 83.6 Å². The van der Waals surface area contributed by atoms with Gasteiger partial charge in [-0.05, 0) is 29.8 Å². The van der Waals surface area contributed by atoms with Gasteiger partial charge in [-0.1, -0.05) is 64.5 Å². The molecule has 0 aliphatic heterocycles. The van der Waals surface area contributed by atoms with Gasteiger partial charge < -0.3 is 0 Å². The number of aromatic nitrogens is 2. The normalized spacial score (nSPS) is 11.0. The number of para-hydroxylation sites is 2. The molecule has 0 radical (unpaired) electrons. The highest BCUT2D eigenvalue weighted by Gasteiger charge is 2.12. The van der Waals surface area contributed by atoms with Crippen LogP contribution in [0, 0.1) is 0 Å². The van der Waals surface area contributed by atoms with Crippen molar-refractivity contribution in [3.8, 4) is 16.8 Å². The molecule has 22 heavy (non-hydrogen) atoms. The standard InChI is InChI=1S/C19H13BrN2/c20-15-9-6-12-18(19(15)14-7-2-1-3-8-14)22-13-21-16-10-4-5-11-17(16)22/h1-13H. The molecule has 1 aromatic heterocycles. The number of imidazole rings is 1. The van der Waals surface area contributed by atoms with Gasteiger partial charge in [0.05, 0.1) is 16.7 Å². The van der Waals surface area contributed by atoms with Crippen LogP contribution in [-0.4, -0.2) is 9.55 Å². The average molecular weight is 349 g/mol. The first-order valence-corrected chi connectivity index (χ1v) is 7.90. The molecule has 0 fully saturated rings. The van der Waals surface area contributed by atoms with Crippen molar-refractivity contribution in [3.63, 3.8) is 0 Å². The summed E-state index contributed by atoms with van der Waals surface area (Å²) in [6, 6.07) is 24.9. The highest BCUT2D eigenvalue weighted by atomic mass is 79.9. The lowest BCUT2D eigenvalue weighted by Crippen LogP contribution is -1.96. The molecule has 4 aromatic rings. The van der Waals surface area contributed by atoms with Gasteiger partial charge in [0.25, 0.3) is 0 Å². The summed E-state index contributed by atoms with van der Waals surface area (Å²) < 4.78 is 3.22. The smallest absolute Gasteiger partial charge is 0.100 e. The van der Waals surface area contributed by atoms with E-state index in [9.17, 15) is 0 Å². The lowest BCUT2D eigenvalue weighted by atomic mass is 10.0. The van der Waals surface area contributed by atoms with Crippen LogP contribution in [0.2, 0.25) is 0 Å². The summed E-state index contributed by atoms with van der Waals surface area (Å²) in [5, 5.41) is 0. The Hall–Kier alpha value is -2.39. The maximum atomic E-state index is 4.51. The molecule has 0 saturated heterocycles. The van der Waals surface area contributed by atoms with E-state index in [0.717, 1.165) is 21.2 Å². The molecule has 3 heteroatoms. The predicted molar refractivity (Wildman–Crippen MR) is 94.2 cm³/mol. The summed E-state index contributed by atoms with van der Waals surface area (Å²) in [7, 11) is 0. The SMILES string of the molecule is Brc1cccc(-n2cnc3ccccc32)c1-c1ccccc1. The Kier molecular flexibility index (Phi) is 3.28. The monoisotopic (exact) mass is 348 g/mol. The van der Waals surface area contributed by atoms with Crippen LogP contribution < -0.4 is 0 Å². The molecular formula is C19H13BrN2. The lowest BCUT2D eigenvalue weighted by Gasteiger charge is -2.13. The molecule has 0 spiro atoms. The largest absolute Gasteiger partial charge is 0.298 e. The minimum Gasteiger partial charge on any atom is -0.298 e. The third kappa shape index (κ3) is 2.14. The van der Waals surface area contributed by atoms with Gasteiger partial charge >= 0.3 is 0 Å². The molecule has 2 nitrogen and oxygen atoms in total. The molecule has 0 amide bonds. The zero-order valence-corrected chi connectivity index (χ0v) is 13.4. The summed E-state index contributed by atoms with van der Waals surface area (Å²) in [5.41, 5.74) is 5.59. The second-order valence-corrected chi connectivity index (χ2v) is 5.96. The molecular weight excluding hydrogens is 336 g/mol. The fourth-order valence-electron chi connectivity index (χ4n) is 2.76. The van der Waals surface area contributed by atoms with Crippen molar-refractivity contribution in [2.45, 2.75) is 0 Å².